The molecule has 2 aliphatic rings. The van der Waals surface area contributed by atoms with Crippen molar-refractivity contribution in [3.63, 3.8) is 0 Å². The summed E-state index contributed by atoms with van der Waals surface area (Å²) in [6.45, 7) is 2.92. The van der Waals surface area contributed by atoms with Crippen molar-refractivity contribution in [2.24, 2.45) is 18.0 Å². The summed E-state index contributed by atoms with van der Waals surface area (Å²) in [7, 11) is 3.73. The molecule has 0 aromatic carbocycles. The number of hydrogen-bond acceptors (Lipinski definition) is 4. The van der Waals surface area contributed by atoms with Gasteiger partial charge < -0.3 is 9.30 Å². The van der Waals surface area contributed by atoms with Crippen LogP contribution in [0.25, 0.3) is 11.3 Å². The first-order valence-electron chi connectivity index (χ1n) is 9.47. The number of thiazole rings is 1. The zero-order valence-electron chi connectivity index (χ0n) is 15.7. The Bertz CT molecular complexity index is 892. The van der Waals surface area contributed by atoms with E-state index in [9.17, 15) is 4.79 Å². The normalized spacial score (nSPS) is 23.0. The van der Waals surface area contributed by atoms with Crippen LogP contribution in [0.4, 0.5) is 0 Å². The Labute approximate surface area is 157 Å². The zero-order valence-corrected chi connectivity index (χ0v) is 16.5. The predicted octanol–water partition coefficient (Wildman–Crippen LogP) is 2.70. The van der Waals surface area contributed by atoms with Gasteiger partial charge in [-0.3, -0.25) is 9.48 Å². The van der Waals surface area contributed by atoms with Gasteiger partial charge in [0.2, 0.25) is 0 Å². The minimum absolute atomic E-state index is 0.00733. The van der Waals surface area contributed by atoms with E-state index in [1.807, 2.05) is 17.9 Å². The summed E-state index contributed by atoms with van der Waals surface area (Å²) >= 11 is 1.67. The van der Waals surface area contributed by atoms with Gasteiger partial charge in [0.1, 0.15) is 0 Å². The number of aromatic nitrogens is 3. The van der Waals surface area contributed by atoms with Crippen molar-refractivity contribution >= 4 is 17.2 Å². The molecule has 0 N–H and O–H groups in total. The van der Waals surface area contributed by atoms with Crippen LogP contribution in [0.2, 0.25) is 0 Å². The number of carbonyl (C=O) groups excluding carboxylic acids is 1. The fourth-order valence-corrected chi connectivity index (χ4v) is 5.47. The van der Waals surface area contributed by atoms with Crippen LogP contribution in [0.1, 0.15) is 43.2 Å². The molecule has 2 heterocycles. The lowest BCUT2D eigenvalue weighted by Crippen LogP contribution is -2.28. The molecule has 0 saturated heterocycles. The number of nitrogens with zero attached hydrogens (tertiary/aromatic N) is 4. The molecule has 2 aromatic heterocycles. The molecular formula is C19H26N4O2S. The van der Waals surface area contributed by atoms with Gasteiger partial charge in [0.25, 0.3) is 5.91 Å². The Morgan fingerprint density at radius 3 is 3.04 bits per heavy atom. The average Bonchev–Trinajstić information content (AvgIpc) is 3.21. The Kier molecular flexibility index (Phi) is 4.84. The van der Waals surface area contributed by atoms with Crippen molar-refractivity contribution in [3.05, 3.63) is 21.6 Å². The van der Waals surface area contributed by atoms with Crippen LogP contribution in [-0.4, -0.2) is 33.5 Å². The quantitative estimate of drug-likeness (QED) is 0.830. The van der Waals surface area contributed by atoms with Gasteiger partial charge in [-0.15, -0.1) is 11.3 Å². The number of fused-ring (bicyclic) bond motifs is 3. The molecule has 0 radical (unpaired) electrons. The van der Waals surface area contributed by atoms with Crippen LogP contribution < -0.4 is 4.80 Å². The lowest BCUT2D eigenvalue weighted by atomic mass is 9.87. The molecule has 6 nitrogen and oxygen atoms in total. The lowest BCUT2D eigenvalue weighted by Gasteiger charge is -2.25. The molecule has 1 amide bonds. The summed E-state index contributed by atoms with van der Waals surface area (Å²) in [6.07, 6.45) is 7.93. The van der Waals surface area contributed by atoms with Crippen LogP contribution in [0.15, 0.2) is 11.2 Å². The molecule has 26 heavy (non-hydrogen) atoms. The largest absolute Gasteiger partial charge is 0.381 e. The molecule has 4 rings (SSSR count). The summed E-state index contributed by atoms with van der Waals surface area (Å²) in [5.41, 5.74) is 3.67. The van der Waals surface area contributed by atoms with E-state index in [1.54, 1.807) is 18.4 Å². The van der Waals surface area contributed by atoms with Gasteiger partial charge in [-0.1, -0.05) is 6.42 Å². The first-order valence-corrected chi connectivity index (χ1v) is 10.3. The lowest BCUT2D eigenvalue weighted by molar-refractivity contribution is -0.124. The monoisotopic (exact) mass is 374 g/mol. The van der Waals surface area contributed by atoms with E-state index in [1.165, 1.54) is 21.8 Å². The second kappa shape index (κ2) is 7.12. The molecule has 2 atom stereocenters. The highest BCUT2D eigenvalue weighted by Crippen LogP contribution is 2.34. The highest BCUT2D eigenvalue weighted by Gasteiger charge is 2.28. The van der Waals surface area contributed by atoms with E-state index in [0.29, 0.717) is 0 Å². The van der Waals surface area contributed by atoms with Gasteiger partial charge in [0, 0.05) is 42.8 Å². The molecule has 2 aliphatic carbocycles. The number of aryl methyl sites for hydroxylation is 2. The average molecular weight is 375 g/mol. The van der Waals surface area contributed by atoms with E-state index in [4.69, 9.17) is 4.74 Å². The molecule has 0 aliphatic heterocycles. The fourth-order valence-electron chi connectivity index (χ4n) is 4.26. The van der Waals surface area contributed by atoms with Crippen LogP contribution in [0.5, 0.6) is 0 Å². The first-order chi connectivity index (χ1) is 12.6. The summed E-state index contributed by atoms with van der Waals surface area (Å²) in [5, 5.41) is 4.43. The van der Waals surface area contributed by atoms with Crippen molar-refractivity contribution in [2.75, 3.05) is 7.11 Å². The second-order valence-corrected chi connectivity index (χ2v) is 8.26. The third-order valence-electron chi connectivity index (χ3n) is 5.72. The van der Waals surface area contributed by atoms with E-state index in [2.05, 4.69) is 21.6 Å². The zero-order chi connectivity index (χ0) is 18.3. The highest BCUT2D eigenvalue weighted by molar-refractivity contribution is 7.09. The van der Waals surface area contributed by atoms with Crippen LogP contribution in [0.3, 0.4) is 0 Å². The number of methoxy groups -OCH3 is 1. The maximum atomic E-state index is 12.8. The standard InChI is InChI=1S/C19H26N4O2S/c1-4-23-17-14-11-20-22(2)15(14)8-9-16(17)26-19(23)21-18(24)12-6-5-7-13(10-12)25-3/h11-13H,4-10H2,1-3H3. The summed E-state index contributed by atoms with van der Waals surface area (Å²) in [4.78, 5) is 19.5. The van der Waals surface area contributed by atoms with Gasteiger partial charge in [-0.05, 0) is 39.0 Å². The van der Waals surface area contributed by atoms with E-state index in [0.717, 1.165) is 49.9 Å². The van der Waals surface area contributed by atoms with Crippen LogP contribution >= 0.6 is 11.3 Å². The van der Waals surface area contributed by atoms with Crippen molar-refractivity contribution < 1.29 is 9.53 Å². The molecular weight excluding hydrogens is 348 g/mol. The number of ether oxygens (including phenoxy) is 1. The Morgan fingerprint density at radius 1 is 1.42 bits per heavy atom. The summed E-state index contributed by atoms with van der Waals surface area (Å²) < 4.78 is 9.62. The molecule has 0 spiro atoms. The van der Waals surface area contributed by atoms with Gasteiger partial charge in [0.15, 0.2) is 4.80 Å². The maximum absolute atomic E-state index is 12.8. The number of amides is 1. The minimum atomic E-state index is -0.00733. The van der Waals surface area contributed by atoms with E-state index >= 15 is 0 Å². The van der Waals surface area contributed by atoms with Gasteiger partial charge in [-0.25, -0.2) is 0 Å². The third-order valence-corrected chi connectivity index (χ3v) is 6.85. The van der Waals surface area contributed by atoms with Crippen molar-refractivity contribution in [2.45, 2.75) is 58.1 Å². The predicted molar refractivity (Wildman–Crippen MR) is 101 cm³/mol. The number of carbonyl (C=O) groups is 1. The van der Waals surface area contributed by atoms with Gasteiger partial charge >= 0.3 is 0 Å². The smallest absolute Gasteiger partial charge is 0.251 e. The van der Waals surface area contributed by atoms with Crippen molar-refractivity contribution in [1.82, 2.24) is 14.3 Å². The highest BCUT2D eigenvalue weighted by atomic mass is 32.1. The van der Waals surface area contributed by atoms with Gasteiger partial charge in [0.05, 0.1) is 18.0 Å². The Balaban J connectivity index is 1.71. The minimum Gasteiger partial charge on any atom is -0.381 e. The topological polar surface area (TPSA) is 61.4 Å². The molecule has 2 aromatic rings. The van der Waals surface area contributed by atoms with Gasteiger partial charge in [-0.2, -0.15) is 10.1 Å². The molecule has 1 saturated carbocycles. The van der Waals surface area contributed by atoms with E-state index < -0.39 is 0 Å². The molecule has 0 bridgehead atoms. The second-order valence-electron chi connectivity index (χ2n) is 7.20. The summed E-state index contributed by atoms with van der Waals surface area (Å²) in [6, 6.07) is 0. The maximum Gasteiger partial charge on any atom is 0.251 e. The third kappa shape index (κ3) is 2.97. The number of rotatable bonds is 3. The summed E-state index contributed by atoms with van der Waals surface area (Å²) in [5.74, 6) is 0.00560. The molecule has 2 unspecified atom stereocenters. The molecule has 7 heteroatoms. The Morgan fingerprint density at radius 2 is 2.27 bits per heavy atom. The van der Waals surface area contributed by atoms with Crippen LogP contribution in [0, 0.1) is 5.92 Å². The van der Waals surface area contributed by atoms with E-state index in [-0.39, 0.29) is 17.9 Å². The molecule has 1 fully saturated rings. The van der Waals surface area contributed by atoms with Crippen molar-refractivity contribution in [3.8, 4) is 11.3 Å². The van der Waals surface area contributed by atoms with Crippen LogP contribution in [-0.2, 0) is 36.0 Å². The number of hydrogen-bond donors (Lipinski definition) is 0. The SMILES string of the molecule is CCn1c2c(sc1=NC(=O)C1CCCC(OC)C1)CCc1c-2cnn1C. The van der Waals surface area contributed by atoms with Crippen molar-refractivity contribution in [1.29, 1.82) is 0 Å². The fraction of sp³-hybridized carbons (Fsp3) is 0.632. The first kappa shape index (κ1) is 17.7. The molecule has 140 valence electrons. The Hall–Kier alpha value is -1.73.